The molecule has 0 amide bonds. The fourth-order valence-corrected chi connectivity index (χ4v) is 3.26. The van der Waals surface area contributed by atoms with E-state index in [4.69, 9.17) is 9.47 Å². The van der Waals surface area contributed by atoms with Crippen molar-refractivity contribution >= 4 is 5.97 Å². The Morgan fingerprint density at radius 1 is 1.00 bits per heavy atom. The molecule has 1 aliphatic rings. The highest BCUT2D eigenvalue weighted by Crippen LogP contribution is 2.23. The van der Waals surface area contributed by atoms with Crippen molar-refractivity contribution in [2.75, 3.05) is 19.7 Å². The molecule has 0 bridgehead atoms. The van der Waals surface area contributed by atoms with Gasteiger partial charge in [0.1, 0.15) is 12.7 Å². The lowest BCUT2D eigenvalue weighted by Gasteiger charge is -2.23. The average molecular weight is 353 g/mol. The molecule has 0 aliphatic carbocycles. The smallest absolute Gasteiger partial charge is 0.332 e. The first kappa shape index (κ1) is 18.6. The minimum absolute atomic E-state index is 0.00171. The molecule has 0 aromatic heterocycles. The molecular formula is C22H27NO3. The Morgan fingerprint density at radius 2 is 1.65 bits per heavy atom. The Morgan fingerprint density at radius 3 is 2.35 bits per heavy atom. The normalized spacial score (nSPS) is 16.2. The number of nitrogens with one attached hydrogen (secondary N) is 1. The quantitative estimate of drug-likeness (QED) is 0.736. The van der Waals surface area contributed by atoms with Crippen molar-refractivity contribution in [3.8, 4) is 0 Å². The van der Waals surface area contributed by atoms with E-state index in [0.717, 1.165) is 44.3 Å². The third kappa shape index (κ3) is 5.97. The van der Waals surface area contributed by atoms with Crippen LogP contribution in [0.3, 0.4) is 0 Å². The van der Waals surface area contributed by atoms with Crippen molar-refractivity contribution in [2.24, 2.45) is 0 Å². The molecule has 1 atom stereocenters. The van der Waals surface area contributed by atoms with Gasteiger partial charge in [0.2, 0.25) is 0 Å². The number of carbonyl (C=O) groups is 1. The second kappa shape index (κ2) is 10.1. The fraction of sp³-hybridized carbons (Fsp3) is 0.409. The molecule has 1 aliphatic heterocycles. The molecule has 3 rings (SSSR count). The van der Waals surface area contributed by atoms with E-state index in [1.54, 1.807) is 0 Å². The van der Waals surface area contributed by atoms with Gasteiger partial charge in [0.25, 0.3) is 0 Å². The predicted octanol–water partition coefficient (Wildman–Crippen LogP) is 3.67. The van der Waals surface area contributed by atoms with Crippen molar-refractivity contribution in [1.29, 1.82) is 0 Å². The standard InChI is InChI=1S/C22H27NO3/c24-22(26-20-13-15-23-16-14-20)17-25-21(19-9-5-2-6-10-19)12-11-18-7-3-1-4-8-18/h1-10,20-21,23H,11-17H2. The van der Waals surface area contributed by atoms with Crippen molar-refractivity contribution in [2.45, 2.75) is 37.9 Å². The molecule has 4 heteroatoms. The summed E-state index contributed by atoms with van der Waals surface area (Å²) in [5, 5.41) is 3.27. The van der Waals surface area contributed by atoms with E-state index in [9.17, 15) is 4.79 Å². The summed E-state index contributed by atoms with van der Waals surface area (Å²) in [6.45, 7) is 1.81. The summed E-state index contributed by atoms with van der Waals surface area (Å²) < 4.78 is 11.5. The second-order valence-electron chi connectivity index (χ2n) is 6.67. The Hall–Kier alpha value is -2.17. The summed E-state index contributed by atoms with van der Waals surface area (Å²) in [4.78, 5) is 12.2. The summed E-state index contributed by atoms with van der Waals surface area (Å²) in [5.74, 6) is -0.266. The zero-order chi connectivity index (χ0) is 18.0. The monoisotopic (exact) mass is 353 g/mol. The molecule has 1 N–H and O–H groups in total. The van der Waals surface area contributed by atoms with Gasteiger partial charge in [-0.05, 0) is 49.9 Å². The molecule has 26 heavy (non-hydrogen) atoms. The van der Waals surface area contributed by atoms with Gasteiger partial charge in [0, 0.05) is 0 Å². The molecule has 0 spiro atoms. The number of benzene rings is 2. The van der Waals surface area contributed by atoms with E-state index in [2.05, 4.69) is 17.4 Å². The highest BCUT2D eigenvalue weighted by Gasteiger charge is 2.19. The van der Waals surface area contributed by atoms with E-state index in [1.807, 2.05) is 48.5 Å². The lowest BCUT2D eigenvalue weighted by molar-refractivity contribution is -0.157. The van der Waals surface area contributed by atoms with Crippen LogP contribution in [-0.2, 0) is 20.7 Å². The van der Waals surface area contributed by atoms with Gasteiger partial charge in [-0.15, -0.1) is 0 Å². The van der Waals surface area contributed by atoms with Crippen LogP contribution in [-0.4, -0.2) is 31.8 Å². The lowest BCUT2D eigenvalue weighted by atomic mass is 10.0. The lowest BCUT2D eigenvalue weighted by Crippen LogP contribution is -2.34. The first-order valence-corrected chi connectivity index (χ1v) is 9.42. The molecular weight excluding hydrogens is 326 g/mol. The van der Waals surface area contributed by atoms with E-state index in [0.29, 0.717) is 0 Å². The molecule has 138 valence electrons. The topological polar surface area (TPSA) is 47.6 Å². The third-order valence-corrected chi connectivity index (χ3v) is 4.70. The molecule has 0 radical (unpaired) electrons. The van der Waals surface area contributed by atoms with E-state index in [1.165, 1.54) is 5.56 Å². The minimum atomic E-state index is -0.266. The van der Waals surface area contributed by atoms with Gasteiger partial charge in [-0.2, -0.15) is 0 Å². The van der Waals surface area contributed by atoms with Gasteiger partial charge in [-0.1, -0.05) is 60.7 Å². The van der Waals surface area contributed by atoms with Gasteiger partial charge < -0.3 is 14.8 Å². The third-order valence-electron chi connectivity index (χ3n) is 4.70. The first-order chi connectivity index (χ1) is 12.8. The van der Waals surface area contributed by atoms with Gasteiger partial charge in [0.05, 0.1) is 6.10 Å². The Kier molecular flexibility index (Phi) is 7.23. The fourth-order valence-electron chi connectivity index (χ4n) is 3.26. The van der Waals surface area contributed by atoms with Crippen LogP contribution in [0.1, 0.15) is 36.5 Å². The predicted molar refractivity (Wildman–Crippen MR) is 102 cm³/mol. The highest BCUT2D eigenvalue weighted by atomic mass is 16.6. The molecule has 1 heterocycles. The number of aryl methyl sites for hydroxylation is 1. The number of rotatable bonds is 8. The van der Waals surface area contributed by atoms with Crippen LogP contribution in [0.4, 0.5) is 0 Å². The van der Waals surface area contributed by atoms with Crippen LogP contribution in [0.5, 0.6) is 0 Å². The van der Waals surface area contributed by atoms with Crippen LogP contribution < -0.4 is 5.32 Å². The minimum Gasteiger partial charge on any atom is -0.461 e. The summed E-state index contributed by atoms with van der Waals surface area (Å²) >= 11 is 0. The maximum atomic E-state index is 12.2. The maximum absolute atomic E-state index is 12.2. The largest absolute Gasteiger partial charge is 0.461 e. The Balaban J connectivity index is 1.54. The van der Waals surface area contributed by atoms with Crippen molar-refractivity contribution in [3.63, 3.8) is 0 Å². The molecule has 4 nitrogen and oxygen atoms in total. The second-order valence-corrected chi connectivity index (χ2v) is 6.67. The number of hydrogen-bond acceptors (Lipinski definition) is 4. The van der Waals surface area contributed by atoms with Gasteiger partial charge in [-0.25, -0.2) is 4.79 Å². The van der Waals surface area contributed by atoms with Gasteiger partial charge in [0.15, 0.2) is 0 Å². The Labute approximate surface area is 155 Å². The van der Waals surface area contributed by atoms with Gasteiger partial charge >= 0.3 is 5.97 Å². The van der Waals surface area contributed by atoms with Crippen LogP contribution in [0.2, 0.25) is 0 Å². The zero-order valence-corrected chi connectivity index (χ0v) is 15.1. The summed E-state index contributed by atoms with van der Waals surface area (Å²) in [7, 11) is 0. The summed E-state index contributed by atoms with van der Waals surface area (Å²) in [6.07, 6.45) is 3.39. The zero-order valence-electron chi connectivity index (χ0n) is 15.1. The molecule has 1 unspecified atom stereocenters. The maximum Gasteiger partial charge on any atom is 0.332 e. The van der Waals surface area contributed by atoms with Gasteiger partial charge in [-0.3, -0.25) is 0 Å². The van der Waals surface area contributed by atoms with Crippen LogP contribution in [0.25, 0.3) is 0 Å². The highest BCUT2D eigenvalue weighted by molar-refractivity contribution is 5.71. The van der Waals surface area contributed by atoms with E-state index >= 15 is 0 Å². The van der Waals surface area contributed by atoms with Crippen LogP contribution in [0.15, 0.2) is 60.7 Å². The molecule has 0 saturated carbocycles. The first-order valence-electron chi connectivity index (χ1n) is 9.42. The van der Waals surface area contributed by atoms with Crippen molar-refractivity contribution in [1.82, 2.24) is 5.32 Å². The number of carbonyl (C=O) groups excluding carboxylic acids is 1. The molecule has 2 aromatic rings. The van der Waals surface area contributed by atoms with E-state index in [-0.39, 0.29) is 24.8 Å². The van der Waals surface area contributed by atoms with E-state index < -0.39 is 0 Å². The SMILES string of the molecule is O=C(COC(CCc1ccccc1)c1ccccc1)OC1CCNCC1. The number of esters is 1. The number of ether oxygens (including phenoxy) is 2. The average Bonchev–Trinajstić information content (AvgIpc) is 2.70. The molecule has 2 aromatic carbocycles. The van der Waals surface area contributed by atoms with Crippen LogP contribution >= 0.6 is 0 Å². The van der Waals surface area contributed by atoms with Crippen LogP contribution in [0, 0.1) is 0 Å². The molecule has 1 fully saturated rings. The van der Waals surface area contributed by atoms with Crippen molar-refractivity contribution in [3.05, 3.63) is 71.8 Å². The summed E-state index contributed by atoms with van der Waals surface area (Å²) in [6, 6.07) is 20.4. The summed E-state index contributed by atoms with van der Waals surface area (Å²) in [5.41, 5.74) is 2.37. The molecule has 1 saturated heterocycles. The van der Waals surface area contributed by atoms with Crippen molar-refractivity contribution < 1.29 is 14.3 Å². The number of piperidine rings is 1. The Bertz CT molecular complexity index is 654. The number of hydrogen-bond donors (Lipinski definition) is 1.